The maximum absolute atomic E-state index is 5.78. The van der Waals surface area contributed by atoms with Gasteiger partial charge >= 0.3 is 0 Å². The van der Waals surface area contributed by atoms with E-state index in [9.17, 15) is 0 Å². The molecule has 0 aromatic rings. The van der Waals surface area contributed by atoms with E-state index in [4.69, 9.17) is 9.47 Å². The van der Waals surface area contributed by atoms with E-state index >= 15 is 0 Å². The van der Waals surface area contributed by atoms with Crippen LogP contribution in [-0.4, -0.2) is 26.4 Å². The average molecular weight is 216 g/mol. The summed E-state index contributed by atoms with van der Waals surface area (Å²) in [6.07, 6.45) is 3.23. The molecule has 0 N–H and O–H groups in total. The molecule has 0 bridgehead atoms. The van der Waals surface area contributed by atoms with Gasteiger partial charge in [-0.25, -0.2) is 0 Å². The van der Waals surface area contributed by atoms with Crippen molar-refractivity contribution in [1.29, 1.82) is 0 Å². The van der Waals surface area contributed by atoms with Crippen LogP contribution in [0.15, 0.2) is 0 Å². The molecule has 0 spiro atoms. The number of rotatable bonds is 8. The van der Waals surface area contributed by atoms with E-state index in [2.05, 4.69) is 27.7 Å². The molecule has 0 aliphatic heterocycles. The number of ether oxygens (including phenoxy) is 2. The number of methoxy groups -OCH3 is 2. The van der Waals surface area contributed by atoms with Crippen LogP contribution in [0.2, 0.25) is 0 Å². The maximum atomic E-state index is 5.78. The Labute approximate surface area is 95.3 Å². The fourth-order valence-electron chi connectivity index (χ4n) is 2.33. The quantitative estimate of drug-likeness (QED) is 0.618. The van der Waals surface area contributed by atoms with E-state index in [-0.39, 0.29) is 5.60 Å². The van der Waals surface area contributed by atoms with Gasteiger partial charge in [0.2, 0.25) is 0 Å². The van der Waals surface area contributed by atoms with Gasteiger partial charge in [-0.1, -0.05) is 27.7 Å². The van der Waals surface area contributed by atoms with Crippen molar-refractivity contribution in [3.05, 3.63) is 0 Å². The summed E-state index contributed by atoms with van der Waals surface area (Å²) in [6.45, 7) is 9.79. The Hall–Kier alpha value is -0.0800. The lowest BCUT2D eigenvalue weighted by Gasteiger charge is -2.35. The molecule has 0 saturated carbocycles. The van der Waals surface area contributed by atoms with Crippen LogP contribution in [-0.2, 0) is 9.47 Å². The predicted molar refractivity (Wildman–Crippen MR) is 65.1 cm³/mol. The summed E-state index contributed by atoms with van der Waals surface area (Å²) in [5.74, 6) is 1.33. The van der Waals surface area contributed by atoms with Crippen LogP contribution in [0.3, 0.4) is 0 Å². The van der Waals surface area contributed by atoms with Crippen LogP contribution in [0.5, 0.6) is 0 Å². The smallest absolute Gasteiger partial charge is 0.0705 e. The summed E-state index contributed by atoms with van der Waals surface area (Å²) >= 11 is 0. The first-order chi connectivity index (χ1) is 6.95. The van der Waals surface area contributed by atoms with E-state index in [1.54, 1.807) is 7.11 Å². The standard InChI is InChI=1S/C13H28O2/c1-11(2)9-13(15-6,7-8-14-5)10-12(3)4/h11-12H,7-10H2,1-6H3. The molecule has 92 valence electrons. The summed E-state index contributed by atoms with van der Waals surface area (Å²) in [5.41, 5.74) is 0.0122. The van der Waals surface area contributed by atoms with Gasteiger partial charge in [0.05, 0.1) is 5.60 Å². The lowest BCUT2D eigenvalue weighted by atomic mass is 9.82. The van der Waals surface area contributed by atoms with Gasteiger partial charge in [0.1, 0.15) is 0 Å². The van der Waals surface area contributed by atoms with Crippen molar-refractivity contribution in [2.45, 2.75) is 52.6 Å². The van der Waals surface area contributed by atoms with Crippen LogP contribution in [0, 0.1) is 11.8 Å². The Kier molecular flexibility index (Phi) is 7.20. The molecule has 0 atom stereocenters. The lowest BCUT2D eigenvalue weighted by Crippen LogP contribution is -2.36. The molecule has 0 rings (SSSR count). The van der Waals surface area contributed by atoms with Crippen LogP contribution < -0.4 is 0 Å². The highest BCUT2D eigenvalue weighted by molar-refractivity contribution is 4.82. The Balaban J connectivity index is 4.44. The topological polar surface area (TPSA) is 18.5 Å². The zero-order chi connectivity index (χ0) is 11.9. The fraction of sp³-hybridized carbons (Fsp3) is 1.00. The van der Waals surface area contributed by atoms with E-state index < -0.39 is 0 Å². The largest absolute Gasteiger partial charge is 0.385 e. The van der Waals surface area contributed by atoms with Gasteiger partial charge in [0, 0.05) is 20.8 Å². The zero-order valence-electron chi connectivity index (χ0n) is 11.3. The molecule has 2 heteroatoms. The molecule has 0 radical (unpaired) electrons. The molecule has 0 amide bonds. The van der Waals surface area contributed by atoms with Crippen molar-refractivity contribution in [1.82, 2.24) is 0 Å². The first-order valence-electron chi connectivity index (χ1n) is 6.00. The Bertz CT molecular complexity index is 143. The molecule has 2 nitrogen and oxygen atoms in total. The molecule has 0 aliphatic rings. The van der Waals surface area contributed by atoms with E-state index in [1.807, 2.05) is 7.11 Å². The molecule has 0 aromatic heterocycles. The monoisotopic (exact) mass is 216 g/mol. The van der Waals surface area contributed by atoms with Gasteiger partial charge in [0.25, 0.3) is 0 Å². The minimum absolute atomic E-state index is 0.0122. The predicted octanol–water partition coefficient (Wildman–Crippen LogP) is 3.50. The van der Waals surface area contributed by atoms with Crippen molar-refractivity contribution in [2.24, 2.45) is 11.8 Å². The van der Waals surface area contributed by atoms with E-state index in [0.717, 1.165) is 25.9 Å². The second-order valence-electron chi connectivity index (χ2n) is 5.33. The molecule has 0 unspecified atom stereocenters. The van der Waals surface area contributed by atoms with Gasteiger partial charge in [-0.3, -0.25) is 0 Å². The maximum Gasteiger partial charge on any atom is 0.0705 e. The molecular formula is C13H28O2. The van der Waals surface area contributed by atoms with Crippen LogP contribution in [0.4, 0.5) is 0 Å². The molecule has 0 aliphatic carbocycles. The van der Waals surface area contributed by atoms with Crippen molar-refractivity contribution in [2.75, 3.05) is 20.8 Å². The normalized spacial score (nSPS) is 12.8. The zero-order valence-corrected chi connectivity index (χ0v) is 11.3. The second-order valence-corrected chi connectivity index (χ2v) is 5.33. The van der Waals surface area contributed by atoms with E-state index in [1.165, 1.54) is 0 Å². The molecule has 15 heavy (non-hydrogen) atoms. The first-order valence-corrected chi connectivity index (χ1v) is 6.00. The summed E-state index contributed by atoms with van der Waals surface area (Å²) in [6, 6.07) is 0. The highest BCUT2D eigenvalue weighted by atomic mass is 16.5. The summed E-state index contributed by atoms with van der Waals surface area (Å²) in [7, 11) is 3.59. The van der Waals surface area contributed by atoms with Gasteiger partial charge in [-0.15, -0.1) is 0 Å². The third-order valence-electron chi connectivity index (χ3n) is 2.76. The fourth-order valence-corrected chi connectivity index (χ4v) is 2.33. The summed E-state index contributed by atoms with van der Waals surface area (Å²) in [5, 5.41) is 0. The summed E-state index contributed by atoms with van der Waals surface area (Å²) in [4.78, 5) is 0. The minimum Gasteiger partial charge on any atom is -0.385 e. The second kappa shape index (κ2) is 7.24. The molecule has 0 saturated heterocycles. The number of hydrogen-bond acceptors (Lipinski definition) is 2. The highest BCUT2D eigenvalue weighted by Gasteiger charge is 2.31. The van der Waals surface area contributed by atoms with Gasteiger partial charge < -0.3 is 9.47 Å². The average Bonchev–Trinajstić information content (AvgIpc) is 2.12. The van der Waals surface area contributed by atoms with Crippen molar-refractivity contribution in [3.63, 3.8) is 0 Å². The van der Waals surface area contributed by atoms with Gasteiger partial charge in [0.15, 0.2) is 0 Å². The van der Waals surface area contributed by atoms with Crippen LogP contribution >= 0.6 is 0 Å². The highest BCUT2D eigenvalue weighted by Crippen LogP contribution is 2.31. The van der Waals surface area contributed by atoms with Crippen LogP contribution in [0.1, 0.15) is 47.0 Å². The van der Waals surface area contributed by atoms with Crippen LogP contribution in [0.25, 0.3) is 0 Å². The van der Waals surface area contributed by atoms with Crippen molar-refractivity contribution in [3.8, 4) is 0 Å². The molecule has 0 fully saturated rings. The van der Waals surface area contributed by atoms with Crippen molar-refractivity contribution < 1.29 is 9.47 Å². The van der Waals surface area contributed by atoms with Crippen molar-refractivity contribution >= 4 is 0 Å². The lowest BCUT2D eigenvalue weighted by molar-refractivity contribution is -0.0606. The SMILES string of the molecule is COCCC(CC(C)C)(CC(C)C)OC. The molecule has 0 heterocycles. The molecule has 0 aromatic carbocycles. The Morgan fingerprint density at radius 2 is 1.40 bits per heavy atom. The van der Waals surface area contributed by atoms with Gasteiger partial charge in [-0.05, 0) is 31.1 Å². The summed E-state index contributed by atoms with van der Waals surface area (Å²) < 4.78 is 11.0. The first kappa shape index (κ1) is 14.9. The third kappa shape index (κ3) is 6.16. The Morgan fingerprint density at radius 1 is 0.933 bits per heavy atom. The Morgan fingerprint density at radius 3 is 1.67 bits per heavy atom. The van der Waals surface area contributed by atoms with E-state index in [0.29, 0.717) is 11.8 Å². The molecular weight excluding hydrogens is 188 g/mol. The minimum atomic E-state index is 0.0122. The number of hydrogen-bond donors (Lipinski definition) is 0. The van der Waals surface area contributed by atoms with Gasteiger partial charge in [-0.2, -0.15) is 0 Å². The third-order valence-corrected chi connectivity index (χ3v) is 2.76.